The highest BCUT2D eigenvalue weighted by Gasteiger charge is 2.38. The molecule has 0 heterocycles. The fraction of sp³-hybridized carbons (Fsp3) is 0.933. The van der Waals surface area contributed by atoms with E-state index in [1.165, 1.54) is 25.7 Å². The van der Waals surface area contributed by atoms with Crippen LogP contribution in [0, 0.1) is 17.3 Å². The zero-order valence-electron chi connectivity index (χ0n) is 12.3. The van der Waals surface area contributed by atoms with Crippen LogP contribution in [0.3, 0.4) is 0 Å². The van der Waals surface area contributed by atoms with Crippen molar-refractivity contribution in [1.82, 2.24) is 5.32 Å². The number of amides is 1. The number of rotatable bonds is 6. The van der Waals surface area contributed by atoms with Gasteiger partial charge < -0.3 is 10.4 Å². The van der Waals surface area contributed by atoms with E-state index in [-0.39, 0.29) is 24.0 Å². The standard InChI is InChI=1S/C15H29NO2/c1-11(2)13(9-10-17)16-14(18)15(3,4)12-7-5-6-8-12/h11-13,17H,5-10H2,1-4H3,(H,16,18). The largest absolute Gasteiger partial charge is 0.396 e. The van der Waals surface area contributed by atoms with Crippen LogP contribution in [0.25, 0.3) is 0 Å². The minimum Gasteiger partial charge on any atom is -0.396 e. The van der Waals surface area contributed by atoms with Crippen LogP contribution in [0.4, 0.5) is 0 Å². The summed E-state index contributed by atoms with van der Waals surface area (Å²) < 4.78 is 0. The molecule has 1 aliphatic rings. The first-order valence-corrected chi connectivity index (χ1v) is 7.31. The third kappa shape index (κ3) is 3.71. The summed E-state index contributed by atoms with van der Waals surface area (Å²) in [6, 6.07) is 0.0863. The van der Waals surface area contributed by atoms with Crippen molar-refractivity contribution < 1.29 is 9.90 Å². The predicted octanol–water partition coefficient (Wildman–Crippen LogP) is 2.73. The van der Waals surface area contributed by atoms with Crippen LogP contribution in [0.15, 0.2) is 0 Å². The monoisotopic (exact) mass is 255 g/mol. The second-order valence-electron chi connectivity index (χ2n) is 6.54. The molecule has 1 saturated carbocycles. The molecule has 0 aromatic rings. The van der Waals surface area contributed by atoms with Gasteiger partial charge in [0.05, 0.1) is 0 Å². The number of aliphatic hydroxyl groups is 1. The highest BCUT2D eigenvalue weighted by Crippen LogP contribution is 2.39. The Kier molecular flexibility index (Phi) is 5.64. The molecular weight excluding hydrogens is 226 g/mol. The molecule has 1 unspecified atom stereocenters. The Hall–Kier alpha value is -0.570. The summed E-state index contributed by atoms with van der Waals surface area (Å²) in [7, 11) is 0. The van der Waals surface area contributed by atoms with E-state index in [4.69, 9.17) is 5.11 Å². The van der Waals surface area contributed by atoms with Crippen molar-refractivity contribution in [3.8, 4) is 0 Å². The van der Waals surface area contributed by atoms with Gasteiger partial charge in [-0.3, -0.25) is 4.79 Å². The lowest BCUT2D eigenvalue weighted by molar-refractivity contribution is -0.133. The summed E-state index contributed by atoms with van der Waals surface area (Å²) in [5.74, 6) is 1.03. The summed E-state index contributed by atoms with van der Waals surface area (Å²) in [5.41, 5.74) is -0.279. The smallest absolute Gasteiger partial charge is 0.226 e. The number of hydrogen-bond donors (Lipinski definition) is 2. The Morgan fingerprint density at radius 3 is 2.33 bits per heavy atom. The molecule has 0 aromatic carbocycles. The molecule has 0 saturated heterocycles. The summed E-state index contributed by atoms with van der Waals surface area (Å²) in [6.45, 7) is 8.43. The van der Waals surface area contributed by atoms with Crippen LogP contribution in [0.2, 0.25) is 0 Å². The molecule has 106 valence electrons. The highest BCUT2D eigenvalue weighted by molar-refractivity contribution is 5.82. The van der Waals surface area contributed by atoms with Gasteiger partial charge in [0.2, 0.25) is 5.91 Å². The SMILES string of the molecule is CC(C)C(CCO)NC(=O)C(C)(C)C1CCCC1. The highest BCUT2D eigenvalue weighted by atomic mass is 16.3. The second-order valence-corrected chi connectivity index (χ2v) is 6.54. The first kappa shape index (κ1) is 15.5. The molecular formula is C15H29NO2. The van der Waals surface area contributed by atoms with Crippen molar-refractivity contribution in [1.29, 1.82) is 0 Å². The average molecular weight is 255 g/mol. The van der Waals surface area contributed by atoms with E-state index in [0.717, 1.165) is 0 Å². The Balaban J connectivity index is 2.61. The minimum absolute atomic E-state index is 0.0863. The molecule has 18 heavy (non-hydrogen) atoms. The first-order valence-electron chi connectivity index (χ1n) is 7.31. The molecule has 1 rings (SSSR count). The molecule has 1 aliphatic carbocycles. The van der Waals surface area contributed by atoms with Crippen molar-refractivity contribution in [2.45, 2.75) is 65.8 Å². The summed E-state index contributed by atoms with van der Waals surface area (Å²) >= 11 is 0. The van der Waals surface area contributed by atoms with Gasteiger partial charge in [0.15, 0.2) is 0 Å². The van der Waals surface area contributed by atoms with Crippen molar-refractivity contribution in [3.05, 3.63) is 0 Å². The number of aliphatic hydroxyl groups excluding tert-OH is 1. The van der Waals surface area contributed by atoms with Crippen molar-refractivity contribution >= 4 is 5.91 Å². The van der Waals surface area contributed by atoms with Crippen LogP contribution in [-0.4, -0.2) is 23.7 Å². The van der Waals surface area contributed by atoms with Gasteiger partial charge in [0, 0.05) is 18.1 Å². The summed E-state index contributed by atoms with van der Waals surface area (Å²) in [6.07, 6.45) is 5.50. The van der Waals surface area contributed by atoms with E-state index in [1.807, 2.05) is 0 Å². The van der Waals surface area contributed by atoms with E-state index in [2.05, 4.69) is 33.0 Å². The third-order valence-electron chi connectivity index (χ3n) is 4.52. The average Bonchev–Trinajstić information content (AvgIpc) is 2.81. The predicted molar refractivity (Wildman–Crippen MR) is 74.2 cm³/mol. The van der Waals surface area contributed by atoms with Crippen LogP contribution in [0.5, 0.6) is 0 Å². The van der Waals surface area contributed by atoms with Gasteiger partial charge in [-0.05, 0) is 31.1 Å². The molecule has 0 spiro atoms. The van der Waals surface area contributed by atoms with Gasteiger partial charge >= 0.3 is 0 Å². The molecule has 1 amide bonds. The van der Waals surface area contributed by atoms with Gasteiger partial charge in [0.25, 0.3) is 0 Å². The van der Waals surface area contributed by atoms with Gasteiger partial charge in [-0.1, -0.05) is 40.5 Å². The molecule has 2 N–H and O–H groups in total. The van der Waals surface area contributed by atoms with Gasteiger partial charge in [-0.2, -0.15) is 0 Å². The topological polar surface area (TPSA) is 49.3 Å². The molecule has 0 bridgehead atoms. The van der Waals surface area contributed by atoms with Crippen molar-refractivity contribution in [2.75, 3.05) is 6.61 Å². The Labute approximate surface area is 111 Å². The van der Waals surface area contributed by atoms with Crippen LogP contribution in [0.1, 0.15) is 59.8 Å². The van der Waals surface area contributed by atoms with Crippen molar-refractivity contribution in [3.63, 3.8) is 0 Å². The normalized spacial score (nSPS) is 19.2. The Morgan fingerprint density at radius 2 is 1.89 bits per heavy atom. The second kappa shape index (κ2) is 6.55. The molecule has 0 aromatic heterocycles. The van der Waals surface area contributed by atoms with E-state index >= 15 is 0 Å². The quantitative estimate of drug-likeness (QED) is 0.766. The molecule has 3 nitrogen and oxygen atoms in total. The molecule has 0 aliphatic heterocycles. The van der Waals surface area contributed by atoms with Crippen molar-refractivity contribution in [2.24, 2.45) is 17.3 Å². The maximum absolute atomic E-state index is 12.4. The molecule has 0 radical (unpaired) electrons. The van der Waals surface area contributed by atoms with Crippen LogP contribution >= 0.6 is 0 Å². The van der Waals surface area contributed by atoms with Gasteiger partial charge in [-0.25, -0.2) is 0 Å². The fourth-order valence-electron chi connectivity index (χ4n) is 2.90. The number of nitrogens with one attached hydrogen (secondary N) is 1. The van der Waals surface area contributed by atoms with Crippen LogP contribution < -0.4 is 5.32 Å². The Morgan fingerprint density at radius 1 is 1.33 bits per heavy atom. The van der Waals surface area contributed by atoms with E-state index in [1.54, 1.807) is 0 Å². The van der Waals surface area contributed by atoms with Crippen LogP contribution in [-0.2, 0) is 4.79 Å². The summed E-state index contributed by atoms with van der Waals surface area (Å²) in [5, 5.41) is 12.2. The minimum atomic E-state index is -0.279. The third-order valence-corrected chi connectivity index (χ3v) is 4.52. The Bertz CT molecular complexity index is 268. The zero-order valence-corrected chi connectivity index (χ0v) is 12.3. The van der Waals surface area contributed by atoms with Gasteiger partial charge in [-0.15, -0.1) is 0 Å². The van der Waals surface area contributed by atoms with E-state index in [9.17, 15) is 4.79 Å². The molecule has 1 atom stereocenters. The van der Waals surface area contributed by atoms with E-state index < -0.39 is 0 Å². The number of carbonyl (C=O) groups excluding carboxylic acids is 1. The molecule has 3 heteroatoms. The maximum Gasteiger partial charge on any atom is 0.226 e. The fourth-order valence-corrected chi connectivity index (χ4v) is 2.90. The first-order chi connectivity index (χ1) is 8.39. The molecule has 1 fully saturated rings. The summed E-state index contributed by atoms with van der Waals surface area (Å²) in [4.78, 5) is 12.4. The number of carbonyl (C=O) groups is 1. The number of hydrogen-bond acceptors (Lipinski definition) is 2. The lowest BCUT2D eigenvalue weighted by Crippen LogP contribution is -2.47. The lowest BCUT2D eigenvalue weighted by atomic mass is 9.76. The lowest BCUT2D eigenvalue weighted by Gasteiger charge is -2.33. The maximum atomic E-state index is 12.4. The van der Waals surface area contributed by atoms with Gasteiger partial charge in [0.1, 0.15) is 0 Å². The van der Waals surface area contributed by atoms with E-state index in [0.29, 0.717) is 18.3 Å². The zero-order chi connectivity index (χ0) is 13.8.